The lowest BCUT2D eigenvalue weighted by atomic mass is 10.1. The molecule has 0 atom stereocenters. The Kier molecular flexibility index (Phi) is 4.85. The van der Waals surface area contributed by atoms with Gasteiger partial charge in [0, 0.05) is 17.1 Å². The van der Waals surface area contributed by atoms with Crippen LogP contribution in [0.25, 0.3) is 0 Å². The van der Waals surface area contributed by atoms with Crippen LogP contribution in [0.4, 0.5) is 0 Å². The number of thioether (sulfide) groups is 1. The summed E-state index contributed by atoms with van der Waals surface area (Å²) in [5.41, 5.74) is 8.97. The third-order valence-electron chi connectivity index (χ3n) is 1.83. The molecule has 0 aliphatic carbocycles. The van der Waals surface area contributed by atoms with Crippen molar-refractivity contribution in [2.24, 2.45) is 5.73 Å². The van der Waals surface area contributed by atoms with E-state index in [1.54, 1.807) is 0 Å². The van der Waals surface area contributed by atoms with Crippen molar-refractivity contribution in [2.45, 2.75) is 12.7 Å². The molecule has 1 nitrogen and oxygen atoms in total. The third kappa shape index (κ3) is 4.49. The van der Waals surface area contributed by atoms with E-state index < -0.39 is 0 Å². The summed E-state index contributed by atoms with van der Waals surface area (Å²) < 4.78 is 0. The van der Waals surface area contributed by atoms with Crippen molar-refractivity contribution in [2.75, 3.05) is 5.75 Å². The first-order valence-corrected chi connectivity index (χ1v) is 6.27. The van der Waals surface area contributed by atoms with Gasteiger partial charge in [0.25, 0.3) is 0 Å². The van der Waals surface area contributed by atoms with Crippen LogP contribution in [-0.2, 0) is 5.75 Å². The fourth-order valence-electron chi connectivity index (χ4n) is 1.16. The highest BCUT2D eigenvalue weighted by molar-refractivity contribution is 7.98. The van der Waals surface area contributed by atoms with Gasteiger partial charge in [-0.15, -0.1) is 0 Å². The number of thiocarbonyl (C=S) groups is 1. The van der Waals surface area contributed by atoms with Gasteiger partial charge >= 0.3 is 0 Å². The molecule has 0 fully saturated rings. The van der Waals surface area contributed by atoms with E-state index in [9.17, 15) is 0 Å². The van der Waals surface area contributed by atoms with Crippen LogP contribution in [0.1, 0.15) is 18.1 Å². The van der Waals surface area contributed by atoms with E-state index in [0.717, 1.165) is 17.1 Å². The molecule has 0 bridgehead atoms. The van der Waals surface area contributed by atoms with Gasteiger partial charge in [-0.3, -0.25) is 0 Å². The lowest BCUT2D eigenvalue weighted by Crippen LogP contribution is -2.09. The highest BCUT2D eigenvalue weighted by atomic mass is 32.2. The second-order valence-electron chi connectivity index (χ2n) is 3.51. The Bertz CT molecular complexity index is 372. The van der Waals surface area contributed by atoms with Crippen molar-refractivity contribution < 1.29 is 0 Å². The fourth-order valence-corrected chi connectivity index (χ4v) is 2.15. The van der Waals surface area contributed by atoms with Gasteiger partial charge in [-0.05, 0) is 18.6 Å². The summed E-state index contributed by atoms with van der Waals surface area (Å²) >= 11 is 6.78. The topological polar surface area (TPSA) is 26.0 Å². The van der Waals surface area contributed by atoms with E-state index in [-0.39, 0.29) is 0 Å². The molecule has 0 unspecified atom stereocenters. The van der Waals surface area contributed by atoms with Crippen LogP contribution < -0.4 is 5.73 Å². The summed E-state index contributed by atoms with van der Waals surface area (Å²) in [6.07, 6.45) is 0. The predicted octanol–water partition coefficient (Wildman–Crippen LogP) is 3.13. The zero-order chi connectivity index (χ0) is 11.3. The minimum atomic E-state index is 0.460. The number of hydrogen-bond acceptors (Lipinski definition) is 2. The molecule has 0 amide bonds. The Morgan fingerprint density at radius 3 is 2.87 bits per heavy atom. The molecular weight excluding hydrogens is 222 g/mol. The summed E-state index contributed by atoms with van der Waals surface area (Å²) in [7, 11) is 0. The Morgan fingerprint density at radius 1 is 1.53 bits per heavy atom. The van der Waals surface area contributed by atoms with Gasteiger partial charge < -0.3 is 5.73 Å². The molecule has 1 aromatic carbocycles. The van der Waals surface area contributed by atoms with E-state index in [1.165, 1.54) is 11.1 Å². The Labute approximate surface area is 101 Å². The van der Waals surface area contributed by atoms with Gasteiger partial charge in [-0.25, -0.2) is 0 Å². The van der Waals surface area contributed by atoms with Gasteiger partial charge in [0.05, 0.1) is 0 Å². The average molecular weight is 237 g/mol. The molecule has 80 valence electrons. The normalized spacial score (nSPS) is 9.93. The minimum Gasteiger partial charge on any atom is -0.389 e. The molecule has 1 rings (SSSR count). The van der Waals surface area contributed by atoms with Crippen molar-refractivity contribution >= 4 is 29.0 Å². The van der Waals surface area contributed by atoms with Crippen LogP contribution in [0.3, 0.4) is 0 Å². The van der Waals surface area contributed by atoms with Crippen LogP contribution in [0.15, 0.2) is 36.4 Å². The van der Waals surface area contributed by atoms with E-state index in [2.05, 4.69) is 12.6 Å². The zero-order valence-corrected chi connectivity index (χ0v) is 10.5. The molecule has 0 heterocycles. The Hall–Kier alpha value is -0.800. The van der Waals surface area contributed by atoms with Crippen LogP contribution in [0.5, 0.6) is 0 Å². The van der Waals surface area contributed by atoms with Crippen molar-refractivity contribution in [1.29, 1.82) is 0 Å². The summed E-state index contributed by atoms with van der Waals surface area (Å²) in [5.74, 6) is 1.97. The maximum absolute atomic E-state index is 5.57. The van der Waals surface area contributed by atoms with Crippen LogP contribution in [-0.4, -0.2) is 10.7 Å². The van der Waals surface area contributed by atoms with E-state index in [4.69, 9.17) is 18.0 Å². The molecule has 1 aromatic rings. The van der Waals surface area contributed by atoms with E-state index in [1.807, 2.05) is 36.9 Å². The second kappa shape index (κ2) is 5.93. The smallest absolute Gasteiger partial charge is 0.103 e. The molecule has 0 saturated carbocycles. The molecule has 0 saturated heterocycles. The van der Waals surface area contributed by atoms with Gasteiger partial charge in [-0.1, -0.05) is 42.6 Å². The predicted molar refractivity (Wildman–Crippen MR) is 73.3 cm³/mol. The third-order valence-corrected chi connectivity index (χ3v) is 3.30. The first-order valence-electron chi connectivity index (χ1n) is 4.70. The molecule has 2 N–H and O–H groups in total. The first kappa shape index (κ1) is 12.3. The van der Waals surface area contributed by atoms with Gasteiger partial charge in [0.2, 0.25) is 0 Å². The van der Waals surface area contributed by atoms with E-state index in [0.29, 0.717) is 4.99 Å². The summed E-state index contributed by atoms with van der Waals surface area (Å²) in [4.78, 5) is 0.460. The van der Waals surface area contributed by atoms with Crippen molar-refractivity contribution in [3.05, 3.63) is 47.5 Å². The van der Waals surface area contributed by atoms with Gasteiger partial charge in [0.15, 0.2) is 0 Å². The summed E-state index contributed by atoms with van der Waals surface area (Å²) in [6.45, 7) is 5.91. The molecule has 0 aromatic heterocycles. The van der Waals surface area contributed by atoms with E-state index >= 15 is 0 Å². The van der Waals surface area contributed by atoms with Crippen molar-refractivity contribution in [1.82, 2.24) is 0 Å². The minimum absolute atomic E-state index is 0.460. The second-order valence-corrected chi connectivity index (χ2v) is 4.94. The standard InChI is InChI=1S/C12H15NS2/c1-9(2)7-15-8-10-4-3-5-11(6-10)12(13)14/h3-6H,1,7-8H2,2H3,(H2,13,14). The molecule has 15 heavy (non-hydrogen) atoms. The van der Waals surface area contributed by atoms with Crippen molar-refractivity contribution in [3.8, 4) is 0 Å². The maximum Gasteiger partial charge on any atom is 0.103 e. The van der Waals surface area contributed by atoms with Crippen LogP contribution in [0, 0.1) is 0 Å². The number of rotatable bonds is 5. The zero-order valence-electron chi connectivity index (χ0n) is 8.82. The lowest BCUT2D eigenvalue weighted by molar-refractivity contribution is 1.38. The van der Waals surface area contributed by atoms with Crippen LogP contribution in [0.2, 0.25) is 0 Å². The monoisotopic (exact) mass is 237 g/mol. The lowest BCUT2D eigenvalue weighted by Gasteiger charge is -2.04. The maximum atomic E-state index is 5.57. The SMILES string of the molecule is C=C(C)CSCc1cccc(C(N)=S)c1. The fraction of sp³-hybridized carbons (Fsp3) is 0.250. The molecule has 0 aliphatic heterocycles. The quantitative estimate of drug-likeness (QED) is 0.629. The summed E-state index contributed by atoms with van der Waals surface area (Å²) in [5, 5.41) is 0. The highest BCUT2D eigenvalue weighted by Crippen LogP contribution is 2.15. The summed E-state index contributed by atoms with van der Waals surface area (Å²) in [6, 6.07) is 8.07. The first-order chi connectivity index (χ1) is 7.09. The number of benzene rings is 1. The molecule has 0 spiro atoms. The van der Waals surface area contributed by atoms with Gasteiger partial charge in [0.1, 0.15) is 4.99 Å². The largest absolute Gasteiger partial charge is 0.389 e. The Morgan fingerprint density at radius 2 is 2.27 bits per heavy atom. The molecular formula is C12H15NS2. The van der Waals surface area contributed by atoms with Gasteiger partial charge in [-0.2, -0.15) is 11.8 Å². The van der Waals surface area contributed by atoms with Crippen molar-refractivity contribution in [3.63, 3.8) is 0 Å². The van der Waals surface area contributed by atoms with Crippen LogP contribution >= 0.6 is 24.0 Å². The molecule has 0 aliphatic rings. The number of nitrogens with two attached hydrogens (primary N) is 1. The Balaban J connectivity index is 2.58. The highest BCUT2D eigenvalue weighted by Gasteiger charge is 1.98. The molecule has 3 heteroatoms. The average Bonchev–Trinajstić information content (AvgIpc) is 2.17. The number of hydrogen-bond donors (Lipinski definition) is 1. The molecule has 0 radical (unpaired) electrons.